The number of ether oxygens (including phenoxy) is 1. The number of hydrogen-bond donors (Lipinski definition) is 0. The van der Waals surface area contributed by atoms with E-state index in [0.717, 1.165) is 49.6 Å². The summed E-state index contributed by atoms with van der Waals surface area (Å²) >= 11 is 0. The minimum absolute atomic E-state index is 0.104. The topological polar surface area (TPSA) is 29.5 Å². The third kappa shape index (κ3) is 4.62. The van der Waals surface area contributed by atoms with Gasteiger partial charge in [0.25, 0.3) is 0 Å². The molecule has 1 aromatic rings. The molecule has 0 aromatic heterocycles. The molecule has 1 aromatic carbocycles. The lowest BCUT2D eigenvalue weighted by molar-refractivity contribution is -0.127. The van der Waals surface area contributed by atoms with Crippen LogP contribution in [0.5, 0.6) is 5.75 Å². The van der Waals surface area contributed by atoms with Gasteiger partial charge in [-0.25, -0.2) is 0 Å². The van der Waals surface area contributed by atoms with Crippen molar-refractivity contribution in [2.45, 2.75) is 33.1 Å². The van der Waals surface area contributed by atoms with Gasteiger partial charge in [-0.05, 0) is 37.3 Å². The summed E-state index contributed by atoms with van der Waals surface area (Å²) in [6.07, 6.45) is 6.73. The predicted octanol–water partition coefficient (Wildman–Crippen LogP) is 3.75. The first-order valence-electron chi connectivity index (χ1n) is 7.89. The number of amides is 1. The van der Waals surface area contributed by atoms with Crippen LogP contribution < -0.4 is 4.74 Å². The van der Waals surface area contributed by atoms with Gasteiger partial charge in [0.15, 0.2) is 0 Å². The Balaban J connectivity index is 1.98. The summed E-state index contributed by atoms with van der Waals surface area (Å²) in [5.74, 6) is 1.68. The Morgan fingerprint density at radius 3 is 2.76 bits per heavy atom. The van der Waals surface area contributed by atoms with Gasteiger partial charge in [-0.15, -0.1) is 0 Å². The fraction of sp³-hybridized carbons (Fsp3) is 0.500. The van der Waals surface area contributed by atoms with Crippen LogP contribution in [0.2, 0.25) is 0 Å². The van der Waals surface area contributed by atoms with E-state index in [1.54, 1.807) is 6.08 Å². The lowest BCUT2D eigenvalue weighted by Gasteiger charge is -2.29. The standard InChI is InChI=1S/C18H25NO2/c1-3-14-21-17-7-5-4-6-16(17)8-9-18(20)19-12-10-15(2)11-13-19/h4-9,15H,3,10-14H2,1-2H3/b9-8+. The smallest absolute Gasteiger partial charge is 0.246 e. The molecule has 1 amide bonds. The number of benzene rings is 1. The van der Waals surface area contributed by atoms with Crippen LogP contribution >= 0.6 is 0 Å². The van der Waals surface area contributed by atoms with Gasteiger partial charge in [-0.1, -0.05) is 32.0 Å². The summed E-state index contributed by atoms with van der Waals surface area (Å²) in [5, 5.41) is 0. The molecule has 2 rings (SSSR count). The minimum Gasteiger partial charge on any atom is -0.493 e. The summed E-state index contributed by atoms with van der Waals surface area (Å²) < 4.78 is 5.70. The van der Waals surface area contributed by atoms with Gasteiger partial charge >= 0.3 is 0 Å². The van der Waals surface area contributed by atoms with E-state index in [-0.39, 0.29) is 5.91 Å². The van der Waals surface area contributed by atoms with E-state index in [9.17, 15) is 4.79 Å². The van der Waals surface area contributed by atoms with Crippen LogP contribution in [0.4, 0.5) is 0 Å². The lowest BCUT2D eigenvalue weighted by atomic mass is 9.99. The number of likely N-dealkylation sites (tertiary alicyclic amines) is 1. The molecule has 0 spiro atoms. The monoisotopic (exact) mass is 287 g/mol. The van der Waals surface area contributed by atoms with Crippen molar-refractivity contribution in [2.75, 3.05) is 19.7 Å². The maximum atomic E-state index is 12.2. The molecule has 0 radical (unpaired) electrons. The highest BCUT2D eigenvalue weighted by molar-refractivity contribution is 5.92. The fourth-order valence-corrected chi connectivity index (χ4v) is 2.46. The molecule has 1 heterocycles. The van der Waals surface area contributed by atoms with E-state index in [0.29, 0.717) is 6.61 Å². The van der Waals surface area contributed by atoms with Gasteiger partial charge < -0.3 is 9.64 Å². The highest BCUT2D eigenvalue weighted by atomic mass is 16.5. The molecule has 0 unspecified atom stereocenters. The van der Waals surface area contributed by atoms with Crippen molar-refractivity contribution < 1.29 is 9.53 Å². The van der Waals surface area contributed by atoms with Crippen LogP contribution in [0, 0.1) is 5.92 Å². The molecule has 0 saturated carbocycles. The van der Waals surface area contributed by atoms with Crippen molar-refractivity contribution in [3.8, 4) is 5.75 Å². The van der Waals surface area contributed by atoms with Crippen molar-refractivity contribution in [3.05, 3.63) is 35.9 Å². The Kier molecular flexibility index (Phi) is 5.85. The number of nitrogens with zero attached hydrogens (tertiary/aromatic N) is 1. The first kappa shape index (κ1) is 15.6. The highest BCUT2D eigenvalue weighted by Gasteiger charge is 2.18. The van der Waals surface area contributed by atoms with Crippen LogP contribution in [0.1, 0.15) is 38.7 Å². The number of carbonyl (C=O) groups is 1. The quantitative estimate of drug-likeness (QED) is 0.772. The molecule has 0 aliphatic carbocycles. The SMILES string of the molecule is CCCOc1ccccc1/C=C/C(=O)N1CCC(C)CC1. The number of rotatable bonds is 5. The first-order valence-corrected chi connectivity index (χ1v) is 7.89. The zero-order valence-electron chi connectivity index (χ0n) is 13.0. The number of piperidine rings is 1. The second-order valence-electron chi connectivity index (χ2n) is 5.73. The average molecular weight is 287 g/mol. The lowest BCUT2D eigenvalue weighted by Crippen LogP contribution is -2.36. The van der Waals surface area contributed by atoms with Gasteiger partial charge in [0.1, 0.15) is 5.75 Å². The van der Waals surface area contributed by atoms with Crippen LogP contribution in [0.25, 0.3) is 6.08 Å². The molecular weight excluding hydrogens is 262 g/mol. The summed E-state index contributed by atoms with van der Waals surface area (Å²) in [7, 11) is 0. The van der Waals surface area contributed by atoms with Crippen LogP contribution in [-0.2, 0) is 4.79 Å². The molecular formula is C18H25NO2. The Morgan fingerprint density at radius 1 is 1.33 bits per heavy atom. The van der Waals surface area contributed by atoms with Gasteiger partial charge in [0, 0.05) is 24.7 Å². The normalized spacial score (nSPS) is 16.4. The van der Waals surface area contributed by atoms with Gasteiger partial charge in [0.05, 0.1) is 6.61 Å². The van der Waals surface area contributed by atoms with E-state index in [1.807, 2.05) is 35.2 Å². The van der Waals surface area contributed by atoms with Crippen LogP contribution in [-0.4, -0.2) is 30.5 Å². The molecule has 1 aliphatic heterocycles. The van der Waals surface area contributed by atoms with E-state index < -0.39 is 0 Å². The molecule has 114 valence electrons. The molecule has 1 saturated heterocycles. The Labute approximate surface area is 127 Å². The maximum absolute atomic E-state index is 12.2. The molecule has 0 bridgehead atoms. The average Bonchev–Trinajstić information content (AvgIpc) is 2.52. The highest BCUT2D eigenvalue weighted by Crippen LogP contribution is 2.20. The van der Waals surface area contributed by atoms with E-state index in [1.165, 1.54) is 0 Å². The zero-order valence-corrected chi connectivity index (χ0v) is 13.0. The third-order valence-electron chi connectivity index (χ3n) is 3.88. The van der Waals surface area contributed by atoms with Crippen molar-refractivity contribution in [3.63, 3.8) is 0 Å². The van der Waals surface area contributed by atoms with E-state index in [4.69, 9.17) is 4.74 Å². The molecule has 1 fully saturated rings. The largest absolute Gasteiger partial charge is 0.493 e. The minimum atomic E-state index is 0.104. The fourth-order valence-electron chi connectivity index (χ4n) is 2.46. The van der Waals surface area contributed by atoms with Gasteiger partial charge in [-0.2, -0.15) is 0 Å². The molecule has 21 heavy (non-hydrogen) atoms. The molecule has 3 heteroatoms. The summed E-state index contributed by atoms with van der Waals surface area (Å²) in [5.41, 5.74) is 0.963. The van der Waals surface area contributed by atoms with Crippen LogP contribution in [0.3, 0.4) is 0 Å². The molecule has 3 nitrogen and oxygen atoms in total. The summed E-state index contributed by atoms with van der Waals surface area (Å²) in [4.78, 5) is 14.1. The number of para-hydroxylation sites is 1. The number of hydrogen-bond acceptors (Lipinski definition) is 2. The summed E-state index contributed by atoms with van der Waals surface area (Å²) in [6.45, 7) is 6.78. The Bertz CT molecular complexity index is 488. The summed E-state index contributed by atoms with van der Waals surface area (Å²) in [6, 6.07) is 7.84. The molecule has 0 atom stereocenters. The van der Waals surface area contributed by atoms with E-state index >= 15 is 0 Å². The van der Waals surface area contributed by atoms with Crippen LogP contribution in [0.15, 0.2) is 30.3 Å². The third-order valence-corrected chi connectivity index (χ3v) is 3.88. The molecule has 1 aliphatic rings. The zero-order chi connectivity index (χ0) is 15.1. The first-order chi connectivity index (χ1) is 10.2. The van der Waals surface area contributed by atoms with Crippen molar-refractivity contribution >= 4 is 12.0 Å². The van der Waals surface area contributed by atoms with Crippen molar-refractivity contribution in [1.82, 2.24) is 4.90 Å². The number of carbonyl (C=O) groups excluding carboxylic acids is 1. The predicted molar refractivity (Wildman–Crippen MR) is 86.2 cm³/mol. The van der Waals surface area contributed by atoms with Crippen molar-refractivity contribution in [2.24, 2.45) is 5.92 Å². The van der Waals surface area contributed by atoms with E-state index in [2.05, 4.69) is 13.8 Å². The van der Waals surface area contributed by atoms with Gasteiger partial charge in [-0.3, -0.25) is 4.79 Å². The maximum Gasteiger partial charge on any atom is 0.246 e. The van der Waals surface area contributed by atoms with Crippen molar-refractivity contribution in [1.29, 1.82) is 0 Å². The molecule has 0 N–H and O–H groups in total. The second-order valence-corrected chi connectivity index (χ2v) is 5.73. The van der Waals surface area contributed by atoms with Gasteiger partial charge in [0.2, 0.25) is 5.91 Å². The Hall–Kier alpha value is -1.77. The Morgan fingerprint density at radius 2 is 2.05 bits per heavy atom. The second kappa shape index (κ2) is 7.87.